The molecular weight excluding hydrogens is 324 g/mol. The summed E-state index contributed by atoms with van der Waals surface area (Å²) in [5.74, 6) is -0.0923. The molecule has 0 saturated heterocycles. The summed E-state index contributed by atoms with van der Waals surface area (Å²) in [6.07, 6.45) is 5.25. The summed E-state index contributed by atoms with van der Waals surface area (Å²) >= 11 is 0. The first-order valence-electron chi connectivity index (χ1n) is 8.28. The van der Waals surface area contributed by atoms with E-state index in [-0.39, 0.29) is 5.97 Å². The number of esters is 1. The number of hydrogen-bond acceptors (Lipinski definition) is 3. The maximum atomic E-state index is 11.6. The van der Waals surface area contributed by atoms with Crippen molar-refractivity contribution in [2.45, 2.75) is 26.4 Å². The van der Waals surface area contributed by atoms with E-state index in [1.165, 1.54) is 0 Å². The SMILES string of the molecule is C=C(C=Cc1ccccc1)C(=O)OC(C)(C)C.C=Cc1ccc(O)cc1. The first-order valence-corrected chi connectivity index (χ1v) is 8.28. The van der Waals surface area contributed by atoms with Crippen molar-refractivity contribution in [1.82, 2.24) is 0 Å². The van der Waals surface area contributed by atoms with Crippen molar-refractivity contribution in [2.75, 3.05) is 0 Å². The second-order valence-corrected chi connectivity index (χ2v) is 6.57. The predicted molar refractivity (Wildman–Crippen MR) is 109 cm³/mol. The summed E-state index contributed by atoms with van der Waals surface area (Å²) in [7, 11) is 0. The average molecular weight is 350 g/mol. The van der Waals surface area contributed by atoms with Crippen LogP contribution in [0.5, 0.6) is 5.75 Å². The maximum absolute atomic E-state index is 11.6. The van der Waals surface area contributed by atoms with Crippen LogP contribution in [0.1, 0.15) is 31.9 Å². The minimum absolute atomic E-state index is 0.292. The summed E-state index contributed by atoms with van der Waals surface area (Å²) in [6.45, 7) is 12.8. The van der Waals surface area contributed by atoms with E-state index in [0.717, 1.165) is 11.1 Å². The van der Waals surface area contributed by atoms with Gasteiger partial charge in [0.15, 0.2) is 0 Å². The standard InChI is InChI=1S/C15H18O2.C8H8O/c1-12(14(16)17-15(2,3)4)10-11-13-8-6-5-7-9-13;1-2-7-3-5-8(9)6-4-7/h5-11H,1H2,2-4H3;2-6,9H,1H2. The first-order chi connectivity index (χ1) is 12.2. The zero-order chi connectivity index (χ0) is 19.6. The number of carbonyl (C=O) groups excluding carboxylic acids is 1. The van der Waals surface area contributed by atoms with Crippen molar-refractivity contribution in [3.63, 3.8) is 0 Å². The molecule has 0 amide bonds. The summed E-state index contributed by atoms with van der Waals surface area (Å²) in [5.41, 5.74) is 1.91. The number of carbonyl (C=O) groups is 1. The molecule has 2 aromatic carbocycles. The lowest BCUT2D eigenvalue weighted by Crippen LogP contribution is -2.24. The molecule has 0 aliphatic rings. The molecule has 2 rings (SSSR count). The maximum Gasteiger partial charge on any atom is 0.338 e. The number of aromatic hydroxyl groups is 1. The monoisotopic (exact) mass is 350 g/mol. The molecule has 3 nitrogen and oxygen atoms in total. The Balaban J connectivity index is 0.000000314. The fraction of sp³-hybridized carbons (Fsp3) is 0.174. The van der Waals surface area contributed by atoms with E-state index in [0.29, 0.717) is 11.3 Å². The highest BCUT2D eigenvalue weighted by atomic mass is 16.6. The summed E-state index contributed by atoms with van der Waals surface area (Å²) in [5, 5.41) is 8.82. The minimum atomic E-state index is -0.486. The van der Waals surface area contributed by atoms with E-state index >= 15 is 0 Å². The minimum Gasteiger partial charge on any atom is -0.508 e. The van der Waals surface area contributed by atoms with Crippen LogP contribution in [0.4, 0.5) is 0 Å². The van der Waals surface area contributed by atoms with Gasteiger partial charge in [0.1, 0.15) is 11.4 Å². The smallest absolute Gasteiger partial charge is 0.338 e. The molecule has 0 fully saturated rings. The molecule has 0 unspecified atom stereocenters. The molecule has 0 aliphatic heterocycles. The third-order valence-corrected chi connectivity index (χ3v) is 3.07. The Kier molecular flexibility index (Phi) is 8.10. The van der Waals surface area contributed by atoms with Gasteiger partial charge in [0.05, 0.1) is 5.57 Å². The van der Waals surface area contributed by atoms with Crippen LogP contribution in [-0.4, -0.2) is 16.7 Å². The van der Waals surface area contributed by atoms with Crippen molar-refractivity contribution in [2.24, 2.45) is 0 Å². The highest BCUT2D eigenvalue weighted by Crippen LogP contribution is 2.12. The highest BCUT2D eigenvalue weighted by molar-refractivity contribution is 5.92. The van der Waals surface area contributed by atoms with E-state index in [2.05, 4.69) is 13.2 Å². The van der Waals surface area contributed by atoms with Crippen LogP contribution < -0.4 is 0 Å². The van der Waals surface area contributed by atoms with Crippen molar-refractivity contribution in [3.05, 3.63) is 90.5 Å². The molecule has 0 bridgehead atoms. The number of hydrogen-bond donors (Lipinski definition) is 1. The molecule has 0 saturated carbocycles. The van der Waals surface area contributed by atoms with Crippen LogP contribution in [0.15, 0.2) is 79.4 Å². The fourth-order valence-corrected chi connectivity index (χ4v) is 1.78. The van der Waals surface area contributed by atoms with Crippen LogP contribution in [0, 0.1) is 0 Å². The molecule has 136 valence electrons. The van der Waals surface area contributed by atoms with Crippen LogP contribution in [0.3, 0.4) is 0 Å². The largest absolute Gasteiger partial charge is 0.508 e. The normalized spacial score (nSPS) is 10.6. The van der Waals surface area contributed by atoms with Crippen LogP contribution in [-0.2, 0) is 9.53 Å². The molecule has 1 N–H and O–H groups in total. The van der Waals surface area contributed by atoms with Gasteiger partial charge in [-0.3, -0.25) is 0 Å². The van der Waals surface area contributed by atoms with Gasteiger partial charge in [0.25, 0.3) is 0 Å². The van der Waals surface area contributed by atoms with Crippen LogP contribution >= 0.6 is 0 Å². The van der Waals surface area contributed by atoms with E-state index in [4.69, 9.17) is 9.84 Å². The number of ether oxygens (including phenoxy) is 1. The molecule has 0 heterocycles. The Morgan fingerprint density at radius 2 is 1.58 bits per heavy atom. The van der Waals surface area contributed by atoms with Gasteiger partial charge in [-0.15, -0.1) is 0 Å². The van der Waals surface area contributed by atoms with Gasteiger partial charge in [0.2, 0.25) is 0 Å². The van der Waals surface area contributed by atoms with Crippen molar-refractivity contribution in [1.29, 1.82) is 0 Å². The van der Waals surface area contributed by atoms with Gasteiger partial charge in [-0.25, -0.2) is 4.79 Å². The van der Waals surface area contributed by atoms with Gasteiger partial charge in [-0.1, -0.05) is 67.8 Å². The summed E-state index contributed by atoms with van der Waals surface area (Å²) in [4.78, 5) is 11.6. The fourth-order valence-electron chi connectivity index (χ4n) is 1.78. The molecule has 0 atom stereocenters. The Bertz CT molecular complexity index is 748. The van der Waals surface area contributed by atoms with Crippen LogP contribution in [0.25, 0.3) is 12.2 Å². The lowest BCUT2D eigenvalue weighted by molar-refractivity contribution is -0.149. The van der Waals surface area contributed by atoms with E-state index < -0.39 is 5.60 Å². The lowest BCUT2D eigenvalue weighted by Gasteiger charge is -2.19. The highest BCUT2D eigenvalue weighted by Gasteiger charge is 2.17. The van der Waals surface area contributed by atoms with E-state index in [1.54, 1.807) is 24.3 Å². The second kappa shape index (κ2) is 10.0. The quantitative estimate of drug-likeness (QED) is 0.441. The molecule has 2 aromatic rings. The van der Waals surface area contributed by atoms with E-state index in [1.807, 2.05) is 69.3 Å². The lowest BCUT2D eigenvalue weighted by atomic mass is 10.1. The topological polar surface area (TPSA) is 46.5 Å². The number of phenolic OH excluding ortho intramolecular Hbond substituents is 1. The third kappa shape index (κ3) is 8.69. The van der Waals surface area contributed by atoms with Gasteiger partial charge in [-0.05, 0) is 50.1 Å². The average Bonchev–Trinajstić information content (AvgIpc) is 2.60. The number of rotatable bonds is 4. The van der Waals surface area contributed by atoms with Crippen LogP contribution in [0.2, 0.25) is 0 Å². The number of benzene rings is 2. The molecular formula is C23H26O3. The number of phenols is 1. The summed E-state index contributed by atoms with van der Waals surface area (Å²) in [6, 6.07) is 16.6. The van der Waals surface area contributed by atoms with Gasteiger partial charge < -0.3 is 9.84 Å². The molecule has 0 spiro atoms. The van der Waals surface area contributed by atoms with Gasteiger partial charge >= 0.3 is 5.97 Å². The third-order valence-electron chi connectivity index (χ3n) is 3.07. The van der Waals surface area contributed by atoms with Crippen molar-refractivity contribution in [3.8, 4) is 5.75 Å². The Morgan fingerprint density at radius 3 is 2.08 bits per heavy atom. The zero-order valence-electron chi connectivity index (χ0n) is 15.6. The summed E-state index contributed by atoms with van der Waals surface area (Å²) < 4.78 is 5.20. The molecule has 0 radical (unpaired) electrons. The van der Waals surface area contributed by atoms with Gasteiger partial charge in [0, 0.05) is 0 Å². The predicted octanol–water partition coefficient (Wildman–Crippen LogP) is 5.63. The molecule has 0 aromatic heterocycles. The molecule has 3 heteroatoms. The Labute approximate surface area is 156 Å². The van der Waals surface area contributed by atoms with E-state index in [9.17, 15) is 4.79 Å². The first kappa shape index (κ1) is 21.0. The second-order valence-electron chi connectivity index (χ2n) is 6.57. The Morgan fingerprint density at radius 1 is 1.00 bits per heavy atom. The molecule has 0 aliphatic carbocycles. The zero-order valence-corrected chi connectivity index (χ0v) is 15.6. The molecule has 26 heavy (non-hydrogen) atoms. The van der Waals surface area contributed by atoms with Crippen molar-refractivity contribution < 1.29 is 14.6 Å². The van der Waals surface area contributed by atoms with Gasteiger partial charge in [-0.2, -0.15) is 0 Å². The Hall–Kier alpha value is -3.07. The van der Waals surface area contributed by atoms with Crippen molar-refractivity contribution >= 4 is 18.1 Å².